The third kappa shape index (κ3) is 6.06. The highest BCUT2D eigenvalue weighted by molar-refractivity contribution is 6.19. The third-order valence-electron chi connectivity index (χ3n) is 8.73. The van der Waals surface area contributed by atoms with Crippen LogP contribution in [0.3, 0.4) is 0 Å². The molecular formula is C35H43N5O4. The van der Waals surface area contributed by atoms with Crippen molar-refractivity contribution >= 4 is 34.2 Å². The topological polar surface area (TPSA) is 91.9 Å². The number of aromatic nitrogens is 2. The Kier molecular flexibility index (Phi) is 8.79. The number of rotatable bonds is 10. The van der Waals surface area contributed by atoms with Crippen LogP contribution in [-0.4, -0.2) is 52.9 Å². The summed E-state index contributed by atoms with van der Waals surface area (Å²) >= 11 is 0. The molecule has 0 N–H and O–H groups in total. The second kappa shape index (κ2) is 12.4. The van der Waals surface area contributed by atoms with Crippen LogP contribution in [0.4, 0.5) is 11.4 Å². The van der Waals surface area contributed by atoms with Crippen LogP contribution in [-0.2, 0) is 29.1 Å². The number of hydrogen-bond donors (Lipinski definition) is 0. The van der Waals surface area contributed by atoms with Gasteiger partial charge in [0.1, 0.15) is 16.8 Å². The fourth-order valence-corrected chi connectivity index (χ4v) is 6.13. The van der Waals surface area contributed by atoms with Gasteiger partial charge in [0, 0.05) is 50.8 Å². The maximum absolute atomic E-state index is 13.3. The Labute approximate surface area is 259 Å². The molecule has 1 aliphatic heterocycles. The lowest BCUT2D eigenvalue weighted by Crippen LogP contribution is -2.47. The molecule has 1 aliphatic rings. The maximum Gasteiger partial charge on any atom is 0.261 e. The molecule has 9 nitrogen and oxygen atoms in total. The van der Waals surface area contributed by atoms with E-state index in [9.17, 15) is 14.4 Å². The summed E-state index contributed by atoms with van der Waals surface area (Å²) in [6.45, 7) is 14.5. The van der Waals surface area contributed by atoms with Crippen molar-refractivity contribution < 1.29 is 14.0 Å². The zero-order chi connectivity index (χ0) is 31.8. The molecular weight excluding hydrogens is 554 g/mol. The van der Waals surface area contributed by atoms with Crippen molar-refractivity contribution in [1.29, 1.82) is 0 Å². The Balaban J connectivity index is 1.34. The molecule has 5 rings (SSSR count). The minimum absolute atomic E-state index is 0.0427. The SMILES string of the molecule is CCN1C(=O)C(C)(C)C(=O)N(C)c2cc(CCCN(CCn3ccc4oc(C)cc4c3=O)Cc3ccc(C)nc3C)ccc21. The summed E-state index contributed by atoms with van der Waals surface area (Å²) in [5, 5.41) is 0.605. The van der Waals surface area contributed by atoms with Gasteiger partial charge in [0.05, 0.1) is 16.8 Å². The van der Waals surface area contributed by atoms with Crippen LogP contribution in [0, 0.1) is 26.2 Å². The van der Waals surface area contributed by atoms with E-state index in [1.165, 1.54) is 5.56 Å². The van der Waals surface area contributed by atoms with Crippen molar-refractivity contribution in [1.82, 2.24) is 14.5 Å². The quantitative estimate of drug-likeness (QED) is 0.227. The normalized spacial score (nSPS) is 14.9. The smallest absolute Gasteiger partial charge is 0.261 e. The highest BCUT2D eigenvalue weighted by Gasteiger charge is 2.45. The zero-order valence-corrected chi connectivity index (χ0v) is 26.9. The maximum atomic E-state index is 13.3. The first kappa shape index (κ1) is 31.2. The molecule has 0 aliphatic carbocycles. The number of amides is 2. The van der Waals surface area contributed by atoms with E-state index in [4.69, 9.17) is 4.42 Å². The van der Waals surface area contributed by atoms with Crippen LogP contribution in [0.15, 0.2) is 57.9 Å². The second-order valence-electron chi connectivity index (χ2n) is 12.4. The minimum Gasteiger partial charge on any atom is -0.461 e. The first-order valence-electron chi connectivity index (χ1n) is 15.4. The number of furan rings is 1. The van der Waals surface area contributed by atoms with Crippen molar-refractivity contribution in [3.05, 3.63) is 87.3 Å². The zero-order valence-electron chi connectivity index (χ0n) is 26.9. The molecule has 0 unspecified atom stereocenters. The molecule has 0 saturated heterocycles. The van der Waals surface area contributed by atoms with Crippen molar-refractivity contribution in [2.75, 3.05) is 36.5 Å². The molecule has 44 heavy (non-hydrogen) atoms. The molecule has 4 aromatic rings. The van der Waals surface area contributed by atoms with Gasteiger partial charge < -0.3 is 18.8 Å². The summed E-state index contributed by atoms with van der Waals surface area (Å²) in [5.41, 5.74) is 5.25. The van der Waals surface area contributed by atoms with Crippen LogP contribution < -0.4 is 15.4 Å². The lowest BCUT2D eigenvalue weighted by atomic mass is 9.90. The molecule has 232 valence electrons. The van der Waals surface area contributed by atoms with Crippen LogP contribution in [0.25, 0.3) is 11.0 Å². The number of benzene rings is 1. The summed E-state index contributed by atoms with van der Waals surface area (Å²) in [5.74, 6) is 0.343. The van der Waals surface area contributed by atoms with Gasteiger partial charge in [0.25, 0.3) is 5.56 Å². The molecule has 0 radical (unpaired) electrons. The highest BCUT2D eigenvalue weighted by Crippen LogP contribution is 2.39. The molecule has 3 aromatic heterocycles. The van der Waals surface area contributed by atoms with Gasteiger partial charge in [0.2, 0.25) is 11.8 Å². The predicted octanol–water partition coefficient (Wildman–Crippen LogP) is 5.41. The van der Waals surface area contributed by atoms with Crippen LogP contribution in [0.1, 0.15) is 55.5 Å². The molecule has 0 fully saturated rings. The standard InChI is InChI=1S/C35H43N5O4/c1-8-40-29-14-12-26(21-30(29)37(7)33(42)35(5,6)34(40)43)10-9-16-38(22-27-13-11-23(2)36-25(27)4)18-19-39-17-15-31-28(32(39)41)20-24(3)44-31/h11-15,17,20-21H,8-10,16,18-19,22H2,1-7H3. The van der Waals surface area contributed by atoms with Gasteiger partial charge in [-0.25, -0.2) is 0 Å². The van der Waals surface area contributed by atoms with Crippen LogP contribution >= 0.6 is 0 Å². The number of carbonyl (C=O) groups is 2. The molecule has 9 heteroatoms. The number of carbonyl (C=O) groups excluding carboxylic acids is 2. The summed E-state index contributed by atoms with van der Waals surface area (Å²) < 4.78 is 7.39. The van der Waals surface area contributed by atoms with Gasteiger partial charge in [-0.3, -0.25) is 24.3 Å². The van der Waals surface area contributed by atoms with E-state index in [-0.39, 0.29) is 17.4 Å². The summed E-state index contributed by atoms with van der Waals surface area (Å²) in [6, 6.07) is 13.9. The second-order valence-corrected chi connectivity index (χ2v) is 12.4. The van der Waals surface area contributed by atoms with E-state index in [1.54, 1.807) is 41.3 Å². The van der Waals surface area contributed by atoms with Crippen molar-refractivity contribution in [2.45, 2.75) is 67.5 Å². The Bertz CT molecular complexity index is 1770. The lowest BCUT2D eigenvalue weighted by Gasteiger charge is -2.27. The van der Waals surface area contributed by atoms with Crippen LogP contribution in [0.5, 0.6) is 0 Å². The van der Waals surface area contributed by atoms with Gasteiger partial charge in [-0.05, 0) is 102 Å². The van der Waals surface area contributed by atoms with E-state index >= 15 is 0 Å². The molecule has 0 saturated carbocycles. The number of fused-ring (bicyclic) bond motifs is 2. The Morgan fingerprint density at radius 2 is 1.70 bits per heavy atom. The van der Waals surface area contributed by atoms with E-state index in [2.05, 4.69) is 22.0 Å². The number of pyridine rings is 2. The Morgan fingerprint density at radius 1 is 0.932 bits per heavy atom. The van der Waals surface area contributed by atoms with E-state index in [1.807, 2.05) is 58.2 Å². The fraction of sp³-hybridized carbons (Fsp3) is 0.429. The number of nitrogens with zero attached hydrogens (tertiary/aromatic N) is 5. The molecule has 2 amide bonds. The number of anilines is 2. The Morgan fingerprint density at radius 3 is 2.43 bits per heavy atom. The van der Waals surface area contributed by atoms with Gasteiger partial charge in [-0.2, -0.15) is 0 Å². The Hall–Kier alpha value is -4.24. The monoisotopic (exact) mass is 597 g/mol. The van der Waals surface area contributed by atoms with Gasteiger partial charge in [0.15, 0.2) is 0 Å². The number of aryl methyl sites for hydroxylation is 4. The van der Waals surface area contributed by atoms with Crippen molar-refractivity contribution in [2.24, 2.45) is 5.41 Å². The minimum atomic E-state index is -1.13. The number of hydrogen-bond acceptors (Lipinski definition) is 6. The first-order valence-corrected chi connectivity index (χ1v) is 15.4. The largest absolute Gasteiger partial charge is 0.461 e. The average Bonchev–Trinajstić information content (AvgIpc) is 3.37. The molecule has 0 bridgehead atoms. The lowest BCUT2D eigenvalue weighted by molar-refractivity contribution is -0.137. The van der Waals surface area contributed by atoms with E-state index in [0.29, 0.717) is 30.6 Å². The van der Waals surface area contributed by atoms with E-state index in [0.717, 1.165) is 60.0 Å². The molecule has 1 aromatic carbocycles. The van der Waals surface area contributed by atoms with Gasteiger partial charge in [-0.15, -0.1) is 0 Å². The third-order valence-corrected chi connectivity index (χ3v) is 8.73. The van der Waals surface area contributed by atoms with Gasteiger partial charge in [-0.1, -0.05) is 12.1 Å². The van der Waals surface area contributed by atoms with Crippen molar-refractivity contribution in [3.8, 4) is 0 Å². The summed E-state index contributed by atoms with van der Waals surface area (Å²) in [6.07, 6.45) is 3.50. The fourth-order valence-electron chi connectivity index (χ4n) is 6.13. The average molecular weight is 598 g/mol. The summed E-state index contributed by atoms with van der Waals surface area (Å²) in [7, 11) is 1.75. The highest BCUT2D eigenvalue weighted by atomic mass is 16.3. The molecule has 4 heterocycles. The predicted molar refractivity (Wildman–Crippen MR) is 174 cm³/mol. The van der Waals surface area contributed by atoms with E-state index < -0.39 is 5.41 Å². The molecule has 0 spiro atoms. The van der Waals surface area contributed by atoms with Gasteiger partial charge >= 0.3 is 0 Å². The van der Waals surface area contributed by atoms with Crippen molar-refractivity contribution in [3.63, 3.8) is 0 Å². The van der Waals surface area contributed by atoms with Crippen LogP contribution in [0.2, 0.25) is 0 Å². The first-order chi connectivity index (χ1) is 20.9. The molecule has 0 atom stereocenters. The summed E-state index contributed by atoms with van der Waals surface area (Å²) in [4.78, 5) is 50.0.